The smallest absolute Gasteiger partial charge is 0.433 e. The molecule has 2 aromatic heterocycles. The summed E-state index contributed by atoms with van der Waals surface area (Å²) in [6, 6.07) is 2.28. The van der Waals surface area contributed by atoms with Gasteiger partial charge in [-0.15, -0.1) is 11.3 Å². The number of aromatic nitrogens is 1. The number of halogens is 3. The zero-order valence-electron chi connectivity index (χ0n) is 8.54. The minimum Gasteiger partial charge on any atom is -0.465 e. The first-order valence-electron chi connectivity index (χ1n) is 4.47. The van der Waals surface area contributed by atoms with Gasteiger partial charge in [0.2, 0.25) is 0 Å². The van der Waals surface area contributed by atoms with Crippen LogP contribution in [0.4, 0.5) is 13.2 Å². The van der Waals surface area contributed by atoms with Gasteiger partial charge in [0.15, 0.2) is 0 Å². The highest BCUT2D eigenvalue weighted by Gasteiger charge is 2.32. The Morgan fingerprint density at radius 2 is 2.12 bits per heavy atom. The number of ether oxygens (including phenoxy) is 1. The van der Waals surface area contributed by atoms with Gasteiger partial charge >= 0.3 is 12.1 Å². The van der Waals surface area contributed by atoms with Gasteiger partial charge in [-0.3, -0.25) is 4.98 Å². The normalized spacial score (nSPS) is 11.8. The molecule has 0 aromatic carbocycles. The molecule has 0 aliphatic carbocycles. The number of hydrogen-bond acceptors (Lipinski definition) is 4. The van der Waals surface area contributed by atoms with Crippen molar-refractivity contribution in [3.05, 3.63) is 28.9 Å². The highest BCUT2D eigenvalue weighted by Crippen LogP contribution is 2.32. The number of alkyl halides is 3. The molecule has 17 heavy (non-hydrogen) atoms. The number of methoxy groups -OCH3 is 1. The van der Waals surface area contributed by atoms with Crippen LogP contribution in [-0.2, 0) is 10.9 Å². The standard InChI is InChI=1S/C10H6F3NO2S/c1-16-9(15)6-2-5-3-8(10(11,12)13)14-4-7(5)17-6/h2-4H,1H3. The van der Waals surface area contributed by atoms with Crippen LogP contribution >= 0.6 is 11.3 Å². The highest BCUT2D eigenvalue weighted by molar-refractivity contribution is 7.20. The predicted molar refractivity (Wildman–Crippen MR) is 56.0 cm³/mol. The molecule has 2 rings (SSSR count). The van der Waals surface area contributed by atoms with Crippen LogP contribution < -0.4 is 0 Å². The largest absolute Gasteiger partial charge is 0.465 e. The number of fused-ring (bicyclic) bond motifs is 1. The molecule has 0 N–H and O–H groups in total. The van der Waals surface area contributed by atoms with Gasteiger partial charge in [-0.05, 0) is 17.5 Å². The maximum Gasteiger partial charge on any atom is 0.433 e. The Morgan fingerprint density at radius 1 is 1.41 bits per heavy atom. The minimum atomic E-state index is -4.48. The van der Waals surface area contributed by atoms with Crippen molar-refractivity contribution in [2.45, 2.75) is 6.18 Å². The van der Waals surface area contributed by atoms with E-state index in [4.69, 9.17) is 0 Å². The molecule has 2 aromatic rings. The van der Waals surface area contributed by atoms with Gasteiger partial charge in [-0.1, -0.05) is 0 Å². The summed E-state index contributed by atoms with van der Waals surface area (Å²) < 4.78 is 42.2. The van der Waals surface area contributed by atoms with Crippen LogP contribution in [0, 0.1) is 0 Å². The van der Waals surface area contributed by atoms with Crippen LogP contribution in [0.25, 0.3) is 10.1 Å². The fourth-order valence-electron chi connectivity index (χ4n) is 1.30. The van der Waals surface area contributed by atoms with Crippen LogP contribution in [0.3, 0.4) is 0 Å². The second kappa shape index (κ2) is 3.99. The second-order valence-electron chi connectivity index (χ2n) is 3.21. The molecule has 0 saturated heterocycles. The maximum atomic E-state index is 12.4. The number of hydrogen-bond donors (Lipinski definition) is 0. The summed E-state index contributed by atoms with van der Waals surface area (Å²) in [7, 11) is 1.21. The molecular weight excluding hydrogens is 255 g/mol. The molecule has 0 bridgehead atoms. The van der Waals surface area contributed by atoms with Crippen LogP contribution in [0.5, 0.6) is 0 Å². The average molecular weight is 261 g/mol. The third kappa shape index (κ3) is 2.23. The first-order valence-corrected chi connectivity index (χ1v) is 5.28. The maximum absolute atomic E-state index is 12.4. The van der Waals surface area contributed by atoms with Crippen LogP contribution in [0.2, 0.25) is 0 Å². The molecule has 3 nitrogen and oxygen atoms in total. The van der Waals surface area contributed by atoms with E-state index in [2.05, 4.69) is 9.72 Å². The molecule has 90 valence electrons. The van der Waals surface area contributed by atoms with Crippen molar-refractivity contribution < 1.29 is 22.7 Å². The van der Waals surface area contributed by atoms with E-state index in [1.165, 1.54) is 13.2 Å². The lowest BCUT2D eigenvalue weighted by atomic mass is 10.2. The zero-order valence-corrected chi connectivity index (χ0v) is 9.35. The fraction of sp³-hybridized carbons (Fsp3) is 0.200. The van der Waals surface area contributed by atoms with Crippen molar-refractivity contribution in [1.82, 2.24) is 4.98 Å². The van der Waals surface area contributed by atoms with E-state index in [9.17, 15) is 18.0 Å². The van der Waals surface area contributed by atoms with E-state index in [0.29, 0.717) is 10.1 Å². The van der Waals surface area contributed by atoms with Gasteiger partial charge in [-0.25, -0.2) is 4.79 Å². The monoisotopic (exact) mass is 261 g/mol. The Bertz CT molecular complexity index is 576. The van der Waals surface area contributed by atoms with Crippen LogP contribution in [0.1, 0.15) is 15.4 Å². The molecular formula is C10H6F3NO2S. The molecule has 0 spiro atoms. The number of esters is 1. The fourth-order valence-corrected chi connectivity index (χ4v) is 2.23. The molecule has 0 saturated carbocycles. The van der Waals surface area contributed by atoms with Crippen molar-refractivity contribution in [3.63, 3.8) is 0 Å². The van der Waals surface area contributed by atoms with E-state index in [0.717, 1.165) is 23.6 Å². The van der Waals surface area contributed by atoms with Crippen molar-refractivity contribution in [1.29, 1.82) is 0 Å². The molecule has 0 fully saturated rings. The lowest BCUT2D eigenvalue weighted by Gasteiger charge is -2.04. The van der Waals surface area contributed by atoms with E-state index >= 15 is 0 Å². The second-order valence-corrected chi connectivity index (χ2v) is 4.29. The third-order valence-corrected chi connectivity index (χ3v) is 3.15. The minimum absolute atomic E-state index is 0.253. The predicted octanol–water partition coefficient (Wildman–Crippen LogP) is 3.10. The molecule has 0 amide bonds. The van der Waals surface area contributed by atoms with E-state index in [1.54, 1.807) is 0 Å². The molecule has 0 radical (unpaired) electrons. The quantitative estimate of drug-likeness (QED) is 0.740. The van der Waals surface area contributed by atoms with Gasteiger partial charge < -0.3 is 4.74 Å². The summed E-state index contributed by atoms with van der Waals surface area (Å²) in [5.74, 6) is -0.570. The Labute approximate surface area is 97.8 Å². The van der Waals surface area contributed by atoms with Crippen molar-refractivity contribution in [2.24, 2.45) is 0 Å². The average Bonchev–Trinajstić information content (AvgIpc) is 2.69. The molecule has 7 heteroatoms. The zero-order chi connectivity index (χ0) is 12.6. The third-order valence-electron chi connectivity index (χ3n) is 2.08. The summed E-state index contributed by atoms with van der Waals surface area (Å²) in [5, 5.41) is 0.331. The van der Waals surface area contributed by atoms with Gasteiger partial charge in [0, 0.05) is 6.20 Å². The number of nitrogens with zero attached hydrogens (tertiary/aromatic N) is 1. The lowest BCUT2D eigenvalue weighted by molar-refractivity contribution is -0.141. The number of rotatable bonds is 1. The lowest BCUT2D eigenvalue weighted by Crippen LogP contribution is -2.06. The van der Waals surface area contributed by atoms with Gasteiger partial charge in [0.25, 0.3) is 0 Å². The Kier molecular flexibility index (Phi) is 2.78. The van der Waals surface area contributed by atoms with Gasteiger partial charge in [0.05, 0.1) is 11.8 Å². The SMILES string of the molecule is COC(=O)c1cc2cc(C(F)(F)F)ncc2s1. The first kappa shape index (κ1) is 11.8. The Hall–Kier alpha value is -1.63. The molecule has 0 unspecified atom stereocenters. The van der Waals surface area contributed by atoms with E-state index < -0.39 is 17.8 Å². The number of thiophene rings is 1. The number of pyridine rings is 1. The van der Waals surface area contributed by atoms with Crippen molar-refractivity contribution >= 4 is 27.4 Å². The Balaban J connectivity index is 2.52. The molecule has 0 aliphatic rings. The number of carbonyl (C=O) groups excluding carboxylic acids is 1. The van der Waals surface area contributed by atoms with Gasteiger partial charge in [0.1, 0.15) is 10.6 Å². The summed E-state index contributed by atoms with van der Waals surface area (Å²) in [4.78, 5) is 14.8. The highest BCUT2D eigenvalue weighted by atomic mass is 32.1. The van der Waals surface area contributed by atoms with E-state index in [-0.39, 0.29) is 4.88 Å². The van der Waals surface area contributed by atoms with Crippen molar-refractivity contribution in [3.8, 4) is 0 Å². The first-order chi connectivity index (χ1) is 7.91. The molecule has 0 atom stereocenters. The summed E-state index contributed by atoms with van der Waals surface area (Å²) in [6.45, 7) is 0. The summed E-state index contributed by atoms with van der Waals surface area (Å²) in [5.41, 5.74) is -0.973. The van der Waals surface area contributed by atoms with Crippen LogP contribution in [0.15, 0.2) is 18.3 Å². The Morgan fingerprint density at radius 3 is 2.71 bits per heavy atom. The molecule has 0 aliphatic heterocycles. The van der Waals surface area contributed by atoms with Gasteiger partial charge in [-0.2, -0.15) is 13.2 Å². The molecule has 2 heterocycles. The van der Waals surface area contributed by atoms with Crippen LogP contribution in [-0.4, -0.2) is 18.1 Å². The summed E-state index contributed by atoms with van der Waals surface area (Å²) in [6.07, 6.45) is -3.38. The topological polar surface area (TPSA) is 39.2 Å². The van der Waals surface area contributed by atoms with E-state index in [1.807, 2.05) is 0 Å². The number of carbonyl (C=O) groups is 1. The van der Waals surface area contributed by atoms with Crippen molar-refractivity contribution in [2.75, 3.05) is 7.11 Å². The summed E-state index contributed by atoms with van der Waals surface area (Å²) >= 11 is 1.04.